The van der Waals surface area contributed by atoms with E-state index in [1.807, 2.05) is 32.0 Å². The van der Waals surface area contributed by atoms with Gasteiger partial charge in [0.2, 0.25) is 5.91 Å². The molecule has 0 fully saturated rings. The van der Waals surface area contributed by atoms with Gasteiger partial charge in [0, 0.05) is 10.7 Å². The van der Waals surface area contributed by atoms with Crippen LogP contribution in [0.1, 0.15) is 39.5 Å². The Morgan fingerprint density at radius 1 is 1.33 bits per heavy atom. The molecule has 4 heteroatoms. The maximum absolute atomic E-state index is 11.8. The van der Waals surface area contributed by atoms with Crippen LogP contribution in [0.5, 0.6) is 0 Å². The fraction of sp³-hybridized carbons (Fsp3) is 0.500. The van der Waals surface area contributed by atoms with E-state index in [9.17, 15) is 4.79 Å². The van der Waals surface area contributed by atoms with E-state index in [-0.39, 0.29) is 5.91 Å². The highest BCUT2D eigenvalue weighted by Gasteiger charge is 2.34. The molecule has 100 valence electrons. The van der Waals surface area contributed by atoms with Crippen molar-refractivity contribution in [2.75, 3.05) is 5.32 Å². The molecular weight excluding hydrogens is 248 g/mol. The van der Waals surface area contributed by atoms with Crippen molar-refractivity contribution in [3.8, 4) is 0 Å². The van der Waals surface area contributed by atoms with Crippen molar-refractivity contribution in [1.29, 1.82) is 0 Å². The van der Waals surface area contributed by atoms with Crippen LogP contribution in [0.2, 0.25) is 5.02 Å². The summed E-state index contributed by atoms with van der Waals surface area (Å²) >= 11 is 5.95. The Kier molecular flexibility index (Phi) is 5.48. The third-order valence-corrected chi connectivity index (χ3v) is 3.27. The van der Waals surface area contributed by atoms with E-state index in [1.165, 1.54) is 0 Å². The number of halogens is 1. The van der Waals surface area contributed by atoms with Gasteiger partial charge in [0.05, 0.1) is 0 Å². The fourth-order valence-corrected chi connectivity index (χ4v) is 2.44. The maximum atomic E-state index is 11.8. The largest absolute Gasteiger partial charge is 0.371 e. The molecule has 0 saturated carbocycles. The molecule has 0 bridgehead atoms. The van der Waals surface area contributed by atoms with Gasteiger partial charge in [0.15, 0.2) is 0 Å². The zero-order valence-corrected chi connectivity index (χ0v) is 11.8. The van der Waals surface area contributed by atoms with Crippen LogP contribution in [0.4, 0.5) is 5.69 Å². The number of benzene rings is 1. The molecule has 0 unspecified atom stereocenters. The predicted octanol–water partition coefficient (Wildman–Crippen LogP) is 3.58. The van der Waals surface area contributed by atoms with Crippen LogP contribution in [0, 0.1) is 0 Å². The van der Waals surface area contributed by atoms with Gasteiger partial charge < -0.3 is 11.1 Å². The standard InChI is InChI=1S/C14H21ClN2O/c1-3-8-14(9-4-2,13(16)18)17-12-7-5-6-11(15)10-12/h5-7,10,17H,3-4,8-9H2,1-2H3,(H2,16,18). The number of anilines is 1. The Morgan fingerprint density at radius 2 is 1.94 bits per heavy atom. The topological polar surface area (TPSA) is 55.1 Å². The molecule has 0 aliphatic carbocycles. The van der Waals surface area contributed by atoms with Gasteiger partial charge in [-0.1, -0.05) is 44.4 Å². The summed E-state index contributed by atoms with van der Waals surface area (Å²) in [5, 5.41) is 3.92. The van der Waals surface area contributed by atoms with Crippen molar-refractivity contribution in [3.05, 3.63) is 29.3 Å². The molecule has 3 nitrogen and oxygen atoms in total. The van der Waals surface area contributed by atoms with Gasteiger partial charge in [-0.3, -0.25) is 4.79 Å². The molecule has 1 rings (SSSR count). The summed E-state index contributed by atoms with van der Waals surface area (Å²) in [5.74, 6) is -0.300. The summed E-state index contributed by atoms with van der Waals surface area (Å²) in [7, 11) is 0. The Bertz CT molecular complexity index is 401. The van der Waals surface area contributed by atoms with E-state index in [0.29, 0.717) is 5.02 Å². The van der Waals surface area contributed by atoms with Gasteiger partial charge in [-0.15, -0.1) is 0 Å². The SMILES string of the molecule is CCCC(CCC)(Nc1cccc(Cl)c1)C(N)=O. The van der Waals surface area contributed by atoms with Crippen LogP contribution < -0.4 is 11.1 Å². The Balaban J connectivity index is 2.99. The van der Waals surface area contributed by atoms with Gasteiger partial charge in [-0.05, 0) is 31.0 Å². The van der Waals surface area contributed by atoms with Crippen LogP contribution in [-0.2, 0) is 4.79 Å². The summed E-state index contributed by atoms with van der Waals surface area (Å²) in [6.07, 6.45) is 3.25. The number of nitrogens with one attached hydrogen (secondary N) is 1. The Morgan fingerprint density at radius 3 is 2.39 bits per heavy atom. The first kappa shape index (κ1) is 14.8. The molecule has 0 spiro atoms. The Labute approximate surface area is 114 Å². The van der Waals surface area contributed by atoms with E-state index in [0.717, 1.165) is 31.4 Å². The van der Waals surface area contributed by atoms with Crippen molar-refractivity contribution < 1.29 is 4.79 Å². The quantitative estimate of drug-likeness (QED) is 0.794. The fourth-order valence-electron chi connectivity index (χ4n) is 2.25. The minimum Gasteiger partial charge on any atom is -0.371 e. The minimum absolute atomic E-state index is 0.300. The summed E-state index contributed by atoms with van der Waals surface area (Å²) < 4.78 is 0. The van der Waals surface area contributed by atoms with Gasteiger partial charge in [-0.25, -0.2) is 0 Å². The zero-order valence-electron chi connectivity index (χ0n) is 11.0. The number of amides is 1. The van der Waals surface area contributed by atoms with Gasteiger partial charge in [0.1, 0.15) is 5.54 Å². The van der Waals surface area contributed by atoms with Crippen LogP contribution in [0.3, 0.4) is 0 Å². The van der Waals surface area contributed by atoms with Crippen molar-refractivity contribution in [2.24, 2.45) is 5.73 Å². The van der Waals surface area contributed by atoms with Crippen LogP contribution in [0.15, 0.2) is 24.3 Å². The molecule has 0 aliphatic heterocycles. The monoisotopic (exact) mass is 268 g/mol. The van der Waals surface area contributed by atoms with Crippen molar-refractivity contribution in [2.45, 2.75) is 45.1 Å². The minimum atomic E-state index is -0.672. The second kappa shape index (κ2) is 6.64. The van der Waals surface area contributed by atoms with Gasteiger partial charge in [-0.2, -0.15) is 0 Å². The summed E-state index contributed by atoms with van der Waals surface area (Å²) in [6.45, 7) is 4.10. The number of carbonyl (C=O) groups excluding carboxylic acids is 1. The number of hydrogen-bond acceptors (Lipinski definition) is 2. The highest BCUT2D eigenvalue weighted by Crippen LogP contribution is 2.26. The molecule has 0 aromatic heterocycles. The van der Waals surface area contributed by atoms with Crippen molar-refractivity contribution >= 4 is 23.2 Å². The first-order valence-electron chi connectivity index (χ1n) is 6.37. The average Bonchev–Trinajstić information content (AvgIpc) is 2.29. The molecule has 3 N–H and O–H groups in total. The first-order valence-corrected chi connectivity index (χ1v) is 6.75. The number of primary amides is 1. The number of hydrogen-bond donors (Lipinski definition) is 2. The van der Waals surface area contributed by atoms with Crippen molar-refractivity contribution in [3.63, 3.8) is 0 Å². The van der Waals surface area contributed by atoms with Gasteiger partial charge in [0.25, 0.3) is 0 Å². The highest BCUT2D eigenvalue weighted by molar-refractivity contribution is 6.30. The predicted molar refractivity (Wildman–Crippen MR) is 76.8 cm³/mol. The molecule has 0 heterocycles. The number of carbonyl (C=O) groups is 1. The van der Waals surface area contributed by atoms with E-state index < -0.39 is 5.54 Å². The second-order valence-electron chi connectivity index (χ2n) is 4.58. The molecule has 1 amide bonds. The lowest BCUT2D eigenvalue weighted by atomic mass is 9.87. The number of rotatable bonds is 7. The van der Waals surface area contributed by atoms with Crippen LogP contribution in [0.25, 0.3) is 0 Å². The first-order chi connectivity index (χ1) is 8.54. The van der Waals surface area contributed by atoms with E-state index in [4.69, 9.17) is 17.3 Å². The maximum Gasteiger partial charge on any atom is 0.243 e. The summed E-state index contributed by atoms with van der Waals surface area (Å²) in [6, 6.07) is 7.37. The lowest BCUT2D eigenvalue weighted by Crippen LogP contribution is -2.50. The van der Waals surface area contributed by atoms with Crippen LogP contribution >= 0.6 is 11.6 Å². The molecule has 1 aromatic carbocycles. The summed E-state index contributed by atoms with van der Waals surface area (Å²) in [4.78, 5) is 11.8. The molecular formula is C14H21ClN2O. The molecule has 1 aromatic rings. The lowest BCUT2D eigenvalue weighted by molar-refractivity contribution is -0.122. The van der Waals surface area contributed by atoms with Crippen LogP contribution in [-0.4, -0.2) is 11.4 Å². The zero-order chi connectivity index (χ0) is 13.6. The average molecular weight is 269 g/mol. The van der Waals surface area contributed by atoms with E-state index in [1.54, 1.807) is 6.07 Å². The molecule has 0 atom stereocenters. The third kappa shape index (κ3) is 3.64. The smallest absolute Gasteiger partial charge is 0.243 e. The molecule has 0 radical (unpaired) electrons. The summed E-state index contributed by atoms with van der Waals surface area (Å²) in [5.41, 5.74) is 5.76. The molecule has 18 heavy (non-hydrogen) atoms. The highest BCUT2D eigenvalue weighted by atomic mass is 35.5. The van der Waals surface area contributed by atoms with Gasteiger partial charge >= 0.3 is 0 Å². The van der Waals surface area contributed by atoms with E-state index in [2.05, 4.69) is 5.32 Å². The van der Waals surface area contributed by atoms with Crippen molar-refractivity contribution in [1.82, 2.24) is 0 Å². The second-order valence-corrected chi connectivity index (χ2v) is 5.02. The molecule has 0 saturated heterocycles. The lowest BCUT2D eigenvalue weighted by Gasteiger charge is -2.32. The Hall–Kier alpha value is -1.22. The number of nitrogens with two attached hydrogens (primary N) is 1. The molecule has 0 aliphatic rings. The third-order valence-electron chi connectivity index (χ3n) is 3.03. The normalized spacial score (nSPS) is 11.3. The van der Waals surface area contributed by atoms with E-state index >= 15 is 0 Å².